The molecule has 0 saturated carbocycles. The first-order valence-corrected chi connectivity index (χ1v) is 10.6. The van der Waals surface area contributed by atoms with E-state index in [0.29, 0.717) is 35.1 Å². The minimum atomic E-state index is -0.636. The maximum Gasteiger partial charge on any atom is 0.191 e. The summed E-state index contributed by atoms with van der Waals surface area (Å²) in [5.41, 5.74) is 3.73. The summed E-state index contributed by atoms with van der Waals surface area (Å²) >= 11 is 0. The van der Waals surface area contributed by atoms with Crippen molar-refractivity contribution in [3.8, 4) is 11.8 Å². The van der Waals surface area contributed by atoms with Crippen LogP contribution in [0, 0.1) is 16.7 Å². The number of fused-ring (bicyclic) bond motifs is 1. The molecule has 2 aromatic rings. The van der Waals surface area contributed by atoms with E-state index in [1.54, 1.807) is 24.3 Å². The quantitative estimate of drug-likeness (QED) is 0.710. The molecule has 1 N–H and O–H groups in total. The lowest BCUT2D eigenvalue weighted by molar-refractivity contribution is -0.118. The molecule has 3 aliphatic rings. The van der Waals surface area contributed by atoms with Crippen LogP contribution in [0.5, 0.6) is 5.75 Å². The number of allylic oxidation sites excluding steroid dienone is 4. The zero-order valence-electron chi connectivity index (χ0n) is 17.9. The fourth-order valence-electron chi connectivity index (χ4n) is 5.39. The molecule has 1 unspecified atom stereocenters. The molecule has 0 saturated heterocycles. The van der Waals surface area contributed by atoms with E-state index in [4.69, 9.17) is 0 Å². The van der Waals surface area contributed by atoms with Crippen molar-refractivity contribution < 1.29 is 19.5 Å². The molecule has 0 amide bonds. The highest BCUT2D eigenvalue weighted by molar-refractivity contribution is 6.29. The van der Waals surface area contributed by atoms with Crippen LogP contribution in [0.15, 0.2) is 64.8 Å². The molecule has 158 valence electrons. The molecule has 3 aliphatic carbocycles. The van der Waals surface area contributed by atoms with Crippen molar-refractivity contribution in [3.05, 3.63) is 87.0 Å². The third-order valence-electron chi connectivity index (χ3n) is 6.69. The summed E-state index contributed by atoms with van der Waals surface area (Å²) in [4.78, 5) is 40.5. The number of hydrogen-bond acceptors (Lipinski definition) is 5. The molecule has 0 spiro atoms. The van der Waals surface area contributed by atoms with Crippen LogP contribution < -0.4 is 0 Å². The molecule has 0 aliphatic heterocycles. The second-order valence-corrected chi connectivity index (χ2v) is 9.58. The van der Waals surface area contributed by atoms with Gasteiger partial charge < -0.3 is 5.11 Å². The third kappa shape index (κ3) is 2.95. The highest BCUT2D eigenvalue weighted by Gasteiger charge is 2.46. The Bertz CT molecular complexity index is 1330. The van der Waals surface area contributed by atoms with Gasteiger partial charge in [-0.3, -0.25) is 14.4 Å². The number of carbonyl (C=O) groups is 3. The molecule has 5 nitrogen and oxygen atoms in total. The lowest BCUT2D eigenvalue weighted by Crippen LogP contribution is -2.36. The molecule has 5 rings (SSSR count). The van der Waals surface area contributed by atoms with Crippen molar-refractivity contribution in [2.75, 3.05) is 0 Å². The Morgan fingerprint density at radius 1 is 0.938 bits per heavy atom. The number of Topliss-reactive ketones (excluding diaryl/α,β-unsaturated/α-hetero) is 3. The first kappa shape index (κ1) is 20.1. The molecular weight excluding hydrogens is 402 g/mol. The fourth-order valence-corrected chi connectivity index (χ4v) is 5.39. The largest absolute Gasteiger partial charge is 0.508 e. The van der Waals surface area contributed by atoms with Gasteiger partial charge in [0, 0.05) is 40.2 Å². The van der Waals surface area contributed by atoms with Crippen LogP contribution in [0.4, 0.5) is 0 Å². The standard InChI is InChI=1S/C27H21NO4/c1-27(2)11-16-9-20-24(26(32)18-8-7-17(29)10-19(18)25(20)31)23(22(16)21(30)12-27)15-5-3-14(13-28)4-6-15/h3-8,10,23,29H,9,11-12H2,1-2H3. The summed E-state index contributed by atoms with van der Waals surface area (Å²) in [6.07, 6.45) is 1.33. The molecule has 0 heterocycles. The van der Waals surface area contributed by atoms with Gasteiger partial charge in [0.2, 0.25) is 0 Å². The highest BCUT2D eigenvalue weighted by Crippen LogP contribution is 2.52. The number of benzene rings is 2. The number of nitriles is 1. The Kier molecular flexibility index (Phi) is 4.32. The molecule has 32 heavy (non-hydrogen) atoms. The van der Waals surface area contributed by atoms with Crippen molar-refractivity contribution in [2.45, 2.75) is 39.0 Å². The summed E-state index contributed by atoms with van der Waals surface area (Å²) in [5, 5.41) is 19.1. The highest BCUT2D eigenvalue weighted by atomic mass is 16.3. The average Bonchev–Trinajstić information content (AvgIpc) is 2.75. The smallest absolute Gasteiger partial charge is 0.191 e. The zero-order chi connectivity index (χ0) is 22.8. The van der Waals surface area contributed by atoms with E-state index in [1.807, 2.05) is 13.8 Å². The first-order chi connectivity index (χ1) is 15.2. The number of ketones is 3. The number of phenolic OH excluding ortho intramolecular Hbond substituents is 1. The molecule has 5 heteroatoms. The number of hydrogen-bond donors (Lipinski definition) is 1. The molecule has 0 radical (unpaired) electrons. The van der Waals surface area contributed by atoms with Crippen molar-refractivity contribution in [3.63, 3.8) is 0 Å². The normalized spacial score (nSPS) is 21.7. The lowest BCUT2D eigenvalue weighted by Gasteiger charge is -2.40. The van der Waals surface area contributed by atoms with Crippen molar-refractivity contribution in [2.24, 2.45) is 5.41 Å². The molecule has 0 fully saturated rings. The Labute approximate surface area is 185 Å². The molecule has 0 bridgehead atoms. The predicted octanol–water partition coefficient (Wildman–Crippen LogP) is 4.81. The second-order valence-electron chi connectivity index (χ2n) is 9.58. The van der Waals surface area contributed by atoms with Crippen LogP contribution >= 0.6 is 0 Å². The predicted molar refractivity (Wildman–Crippen MR) is 117 cm³/mol. The van der Waals surface area contributed by atoms with Crippen molar-refractivity contribution >= 4 is 17.3 Å². The average molecular weight is 423 g/mol. The fraction of sp³-hybridized carbons (Fsp3) is 0.259. The van der Waals surface area contributed by atoms with Gasteiger partial charge in [-0.25, -0.2) is 0 Å². The minimum absolute atomic E-state index is 0.00825. The van der Waals surface area contributed by atoms with Gasteiger partial charge in [-0.2, -0.15) is 5.26 Å². The van der Waals surface area contributed by atoms with E-state index in [2.05, 4.69) is 6.07 Å². The van der Waals surface area contributed by atoms with Crippen LogP contribution in [0.3, 0.4) is 0 Å². The van der Waals surface area contributed by atoms with Crippen LogP contribution in [-0.2, 0) is 4.79 Å². The number of carbonyl (C=O) groups excluding carboxylic acids is 3. The monoisotopic (exact) mass is 423 g/mol. The zero-order valence-corrected chi connectivity index (χ0v) is 17.9. The van der Waals surface area contributed by atoms with Gasteiger partial charge >= 0.3 is 0 Å². The summed E-state index contributed by atoms with van der Waals surface area (Å²) in [7, 11) is 0. The number of rotatable bonds is 1. The number of phenols is 1. The van der Waals surface area contributed by atoms with Crippen LogP contribution in [0.25, 0.3) is 0 Å². The van der Waals surface area contributed by atoms with Gasteiger partial charge in [-0.1, -0.05) is 31.6 Å². The topological polar surface area (TPSA) is 95.2 Å². The van der Waals surface area contributed by atoms with Gasteiger partial charge in [0.25, 0.3) is 0 Å². The summed E-state index contributed by atoms with van der Waals surface area (Å²) in [6, 6.07) is 13.2. The SMILES string of the molecule is CC1(C)CC(=O)C2=C(CC3=C(C(=O)c4ccc(O)cc4C3=O)C2c2ccc(C#N)cc2)C1. The Hall–Kier alpha value is -3.78. The van der Waals surface area contributed by atoms with Crippen LogP contribution in [0.2, 0.25) is 0 Å². The third-order valence-corrected chi connectivity index (χ3v) is 6.69. The van der Waals surface area contributed by atoms with Gasteiger partial charge in [-0.15, -0.1) is 0 Å². The van der Waals surface area contributed by atoms with Gasteiger partial charge in [0.1, 0.15) is 5.75 Å². The maximum absolute atomic E-state index is 13.6. The lowest BCUT2D eigenvalue weighted by atomic mass is 9.61. The minimum Gasteiger partial charge on any atom is -0.508 e. The van der Waals surface area contributed by atoms with E-state index in [9.17, 15) is 24.8 Å². The summed E-state index contributed by atoms with van der Waals surface area (Å²) < 4.78 is 0. The van der Waals surface area contributed by atoms with Crippen molar-refractivity contribution in [1.29, 1.82) is 5.26 Å². The van der Waals surface area contributed by atoms with E-state index in [0.717, 1.165) is 11.1 Å². The van der Waals surface area contributed by atoms with Crippen LogP contribution in [-0.4, -0.2) is 22.5 Å². The number of nitrogens with zero attached hydrogens (tertiary/aromatic N) is 1. The van der Waals surface area contributed by atoms with Gasteiger partial charge in [0.05, 0.1) is 11.6 Å². The van der Waals surface area contributed by atoms with E-state index < -0.39 is 5.92 Å². The summed E-state index contributed by atoms with van der Waals surface area (Å²) in [5.74, 6) is -1.25. The maximum atomic E-state index is 13.6. The number of aromatic hydroxyl groups is 1. The van der Waals surface area contributed by atoms with Crippen LogP contribution in [0.1, 0.15) is 70.9 Å². The Balaban J connectivity index is 1.75. The summed E-state index contributed by atoms with van der Waals surface area (Å²) in [6.45, 7) is 4.08. The Morgan fingerprint density at radius 2 is 1.66 bits per heavy atom. The van der Waals surface area contributed by atoms with Gasteiger partial charge in [-0.05, 0) is 54.2 Å². The first-order valence-electron chi connectivity index (χ1n) is 10.6. The van der Waals surface area contributed by atoms with E-state index in [1.165, 1.54) is 18.2 Å². The van der Waals surface area contributed by atoms with Gasteiger partial charge in [0.15, 0.2) is 17.3 Å². The molecule has 2 aromatic carbocycles. The van der Waals surface area contributed by atoms with E-state index in [-0.39, 0.29) is 46.1 Å². The Morgan fingerprint density at radius 3 is 2.34 bits per heavy atom. The second kappa shape index (κ2) is 6.86. The molecule has 1 atom stereocenters. The molecular formula is C27H21NO4. The molecule has 0 aromatic heterocycles. The van der Waals surface area contributed by atoms with E-state index >= 15 is 0 Å². The van der Waals surface area contributed by atoms with Crippen molar-refractivity contribution in [1.82, 2.24) is 0 Å².